The number of nitrogens with zero attached hydrogens (tertiary/aromatic N) is 3. The minimum Gasteiger partial charge on any atom is -0.338 e. The van der Waals surface area contributed by atoms with Gasteiger partial charge < -0.3 is 10.6 Å². The molecular weight excluding hydrogens is 270 g/mol. The third-order valence-electron chi connectivity index (χ3n) is 2.73. The van der Waals surface area contributed by atoms with E-state index in [4.69, 9.17) is 11.6 Å². The molecule has 0 radical (unpaired) electrons. The summed E-state index contributed by atoms with van der Waals surface area (Å²) in [4.78, 5) is 24.9. The number of urea groups is 1. The number of hydrogen-bond donors (Lipinski definition) is 2. The lowest BCUT2D eigenvalue weighted by atomic mass is 10.3. The lowest BCUT2D eigenvalue weighted by molar-refractivity contribution is 0.238. The summed E-state index contributed by atoms with van der Waals surface area (Å²) < 4.78 is 1.19. The first-order valence-electron chi connectivity index (χ1n) is 6.17. The summed E-state index contributed by atoms with van der Waals surface area (Å²) in [6, 6.07) is 1.14. The van der Waals surface area contributed by atoms with Crippen LogP contribution in [0.3, 0.4) is 0 Å². The second-order valence-electron chi connectivity index (χ2n) is 4.13. The van der Waals surface area contributed by atoms with Crippen LogP contribution in [0.15, 0.2) is 12.3 Å². The third-order valence-corrected chi connectivity index (χ3v) is 2.99. The molecular formula is C11H16ClN5O2. The molecule has 2 N–H and O–H groups in total. The Morgan fingerprint density at radius 3 is 3.16 bits per heavy atom. The van der Waals surface area contributed by atoms with Crippen molar-refractivity contribution < 1.29 is 9.59 Å². The van der Waals surface area contributed by atoms with Gasteiger partial charge in [-0.05, 0) is 12.8 Å². The fraction of sp³-hybridized carbons (Fsp3) is 0.545. The van der Waals surface area contributed by atoms with Crippen LogP contribution < -0.4 is 15.5 Å². The van der Waals surface area contributed by atoms with Gasteiger partial charge >= 0.3 is 12.1 Å². The number of carbonyl (C=O) groups excluding carboxylic acids is 2. The van der Waals surface area contributed by atoms with Gasteiger partial charge in [-0.25, -0.2) is 9.59 Å². The number of rotatable bonds is 4. The van der Waals surface area contributed by atoms with E-state index in [1.165, 1.54) is 15.8 Å². The molecule has 0 spiro atoms. The van der Waals surface area contributed by atoms with E-state index in [-0.39, 0.29) is 12.1 Å². The fourth-order valence-corrected chi connectivity index (χ4v) is 1.90. The number of hydrogen-bond acceptors (Lipinski definition) is 3. The van der Waals surface area contributed by atoms with Crippen molar-refractivity contribution in [1.82, 2.24) is 20.4 Å². The molecule has 1 aromatic rings. The van der Waals surface area contributed by atoms with Gasteiger partial charge in [0.25, 0.3) is 0 Å². The average molecular weight is 286 g/mol. The predicted octanol–water partition coefficient (Wildman–Crippen LogP) is 0.989. The summed E-state index contributed by atoms with van der Waals surface area (Å²) in [6.07, 6.45) is 3.10. The molecule has 3 amide bonds. The predicted molar refractivity (Wildman–Crippen MR) is 71.7 cm³/mol. The van der Waals surface area contributed by atoms with Gasteiger partial charge in [0.15, 0.2) is 5.82 Å². The molecule has 19 heavy (non-hydrogen) atoms. The van der Waals surface area contributed by atoms with Crippen LogP contribution in [0.1, 0.15) is 12.8 Å². The van der Waals surface area contributed by atoms with E-state index in [1.54, 1.807) is 6.07 Å². The highest BCUT2D eigenvalue weighted by atomic mass is 35.5. The summed E-state index contributed by atoms with van der Waals surface area (Å²) >= 11 is 5.53. The molecule has 7 nitrogen and oxygen atoms in total. The molecule has 1 saturated heterocycles. The van der Waals surface area contributed by atoms with Crippen molar-refractivity contribution in [2.75, 3.05) is 30.4 Å². The largest absolute Gasteiger partial charge is 0.342 e. The minimum absolute atomic E-state index is 0.181. The lowest BCUT2D eigenvalue weighted by Gasteiger charge is -2.25. The van der Waals surface area contributed by atoms with E-state index in [9.17, 15) is 9.59 Å². The van der Waals surface area contributed by atoms with Crippen LogP contribution in [0.5, 0.6) is 0 Å². The number of alkyl halides is 1. The highest BCUT2D eigenvalue weighted by Crippen LogP contribution is 2.13. The number of nitrogens with one attached hydrogen (secondary N) is 2. The second kappa shape index (κ2) is 6.42. The van der Waals surface area contributed by atoms with Crippen LogP contribution in [0, 0.1) is 0 Å². The SMILES string of the molecule is O=C1NCCCN1c1ccn(C(=O)NCCCCl)n1. The van der Waals surface area contributed by atoms with Crippen LogP contribution in [0.2, 0.25) is 0 Å². The maximum absolute atomic E-state index is 11.7. The molecule has 104 valence electrons. The molecule has 1 aromatic heterocycles. The maximum Gasteiger partial charge on any atom is 0.342 e. The van der Waals surface area contributed by atoms with Crippen LogP contribution in [0.25, 0.3) is 0 Å². The van der Waals surface area contributed by atoms with Gasteiger partial charge in [0.1, 0.15) is 0 Å². The van der Waals surface area contributed by atoms with Gasteiger partial charge in [0, 0.05) is 37.8 Å². The summed E-state index contributed by atoms with van der Waals surface area (Å²) in [6.45, 7) is 1.79. The Bertz CT molecular complexity index is 462. The molecule has 1 aliphatic heterocycles. The normalized spacial score (nSPS) is 15.2. The van der Waals surface area contributed by atoms with Crippen molar-refractivity contribution >= 4 is 29.5 Å². The minimum atomic E-state index is -0.325. The zero-order valence-electron chi connectivity index (χ0n) is 10.4. The molecule has 2 rings (SSSR count). The fourth-order valence-electron chi connectivity index (χ4n) is 1.76. The molecule has 0 saturated carbocycles. The quantitative estimate of drug-likeness (QED) is 0.639. The summed E-state index contributed by atoms with van der Waals surface area (Å²) in [5.74, 6) is 0.975. The molecule has 0 aliphatic carbocycles. The standard InChI is InChI=1S/C11H16ClN5O2/c12-4-1-5-14-11(19)17-8-3-9(15-17)16-7-2-6-13-10(16)18/h3,8H,1-2,4-7H2,(H,13,18)(H,14,19). The molecule has 1 aliphatic rings. The van der Waals surface area contributed by atoms with Gasteiger partial charge in [-0.3, -0.25) is 4.90 Å². The zero-order chi connectivity index (χ0) is 13.7. The van der Waals surface area contributed by atoms with E-state index in [0.717, 1.165) is 6.42 Å². The number of amides is 3. The number of anilines is 1. The van der Waals surface area contributed by atoms with Crippen LogP contribution in [-0.4, -0.2) is 47.4 Å². The van der Waals surface area contributed by atoms with E-state index < -0.39 is 0 Å². The van der Waals surface area contributed by atoms with Gasteiger partial charge in [0.2, 0.25) is 0 Å². The van der Waals surface area contributed by atoms with E-state index >= 15 is 0 Å². The zero-order valence-corrected chi connectivity index (χ0v) is 11.2. The molecule has 0 bridgehead atoms. The summed E-state index contributed by atoms with van der Waals surface area (Å²) in [5.41, 5.74) is 0. The van der Waals surface area contributed by atoms with Gasteiger partial charge in [0.05, 0.1) is 0 Å². The second-order valence-corrected chi connectivity index (χ2v) is 4.51. The Balaban J connectivity index is 1.98. The first-order valence-corrected chi connectivity index (χ1v) is 6.71. The van der Waals surface area contributed by atoms with Crippen molar-refractivity contribution in [1.29, 1.82) is 0 Å². The Kier molecular flexibility index (Phi) is 4.62. The molecule has 0 unspecified atom stereocenters. The highest BCUT2D eigenvalue weighted by Gasteiger charge is 2.21. The third kappa shape index (κ3) is 3.37. The monoisotopic (exact) mass is 285 g/mol. The Hall–Kier alpha value is -1.76. The smallest absolute Gasteiger partial charge is 0.338 e. The van der Waals surface area contributed by atoms with Gasteiger partial charge in [-0.15, -0.1) is 16.7 Å². The van der Waals surface area contributed by atoms with Crippen molar-refractivity contribution in [2.24, 2.45) is 0 Å². The van der Waals surface area contributed by atoms with E-state index in [0.29, 0.717) is 37.8 Å². The molecule has 2 heterocycles. The molecule has 0 atom stereocenters. The van der Waals surface area contributed by atoms with Crippen LogP contribution in [0.4, 0.5) is 15.4 Å². The van der Waals surface area contributed by atoms with Gasteiger partial charge in [-0.2, -0.15) is 4.68 Å². The van der Waals surface area contributed by atoms with Crippen LogP contribution in [-0.2, 0) is 0 Å². The lowest BCUT2D eigenvalue weighted by Crippen LogP contribution is -2.46. The van der Waals surface area contributed by atoms with Crippen LogP contribution >= 0.6 is 11.6 Å². The summed E-state index contributed by atoms with van der Waals surface area (Å²) in [7, 11) is 0. The maximum atomic E-state index is 11.7. The number of carbonyl (C=O) groups is 2. The molecule has 1 fully saturated rings. The Labute approximate surface area is 115 Å². The first-order chi connectivity index (χ1) is 9.22. The Morgan fingerprint density at radius 2 is 2.42 bits per heavy atom. The van der Waals surface area contributed by atoms with E-state index in [2.05, 4.69) is 15.7 Å². The summed E-state index contributed by atoms with van der Waals surface area (Å²) in [5, 5.41) is 9.52. The van der Waals surface area contributed by atoms with E-state index in [1.807, 2.05) is 0 Å². The number of aromatic nitrogens is 2. The molecule has 0 aromatic carbocycles. The van der Waals surface area contributed by atoms with Crippen molar-refractivity contribution in [3.8, 4) is 0 Å². The molecule has 8 heteroatoms. The van der Waals surface area contributed by atoms with Gasteiger partial charge in [-0.1, -0.05) is 0 Å². The highest BCUT2D eigenvalue weighted by molar-refractivity contribution is 6.17. The number of halogens is 1. The van der Waals surface area contributed by atoms with Crippen molar-refractivity contribution in [3.63, 3.8) is 0 Å². The van der Waals surface area contributed by atoms with Crippen molar-refractivity contribution in [3.05, 3.63) is 12.3 Å². The average Bonchev–Trinajstić information content (AvgIpc) is 2.89. The Morgan fingerprint density at radius 1 is 1.58 bits per heavy atom. The topological polar surface area (TPSA) is 79.3 Å². The first kappa shape index (κ1) is 13.7. The van der Waals surface area contributed by atoms with Crippen molar-refractivity contribution in [2.45, 2.75) is 12.8 Å².